The number of halogens is 3. The van der Waals surface area contributed by atoms with Gasteiger partial charge in [-0.3, -0.25) is 0 Å². The van der Waals surface area contributed by atoms with Gasteiger partial charge in [-0.15, -0.1) is 30.9 Å². The summed E-state index contributed by atoms with van der Waals surface area (Å²) in [6.45, 7) is 1.88. The topological polar surface area (TPSA) is 103 Å². The maximum Gasteiger partial charge on any atom is 0.573 e. The standard InChI is InChI=1S/C25H21F3N6O3S/c1-15-13-20(36-2)11-12-21(15)31-24(38)32-23(35)30-17-5-3-16(4-6-17)22-29-14-34(33-22)18-7-9-19(10-8-18)37-25(26,27)28/h3-14H,1-2H3,(H3,30,31,32,35,38). The molecule has 0 bridgehead atoms. The Morgan fingerprint density at radius 2 is 1.68 bits per heavy atom. The van der Waals surface area contributed by atoms with Crippen LogP contribution < -0.4 is 20.1 Å². The molecule has 0 aliphatic heterocycles. The van der Waals surface area contributed by atoms with Crippen LogP contribution in [0.5, 0.6) is 11.5 Å². The highest BCUT2D eigenvalue weighted by molar-refractivity contribution is 7.97. The van der Waals surface area contributed by atoms with Crippen molar-refractivity contribution in [3.05, 3.63) is 78.6 Å². The lowest BCUT2D eigenvalue weighted by Crippen LogP contribution is -2.17. The maximum atomic E-state index is 12.3. The number of aryl methyl sites for hydroxylation is 1. The maximum absolute atomic E-state index is 12.3. The minimum absolute atomic E-state index is 0.111. The van der Waals surface area contributed by atoms with E-state index in [4.69, 9.17) is 4.74 Å². The monoisotopic (exact) mass is 542 g/mol. The summed E-state index contributed by atoms with van der Waals surface area (Å²) in [6, 6.07) is 16.8. The average Bonchev–Trinajstić information content (AvgIpc) is 3.35. The fourth-order valence-corrected chi connectivity index (χ4v) is 3.53. The van der Waals surface area contributed by atoms with Gasteiger partial charge in [-0.25, -0.2) is 14.5 Å². The predicted molar refractivity (Wildman–Crippen MR) is 140 cm³/mol. The molecule has 0 spiro atoms. The van der Waals surface area contributed by atoms with Crippen molar-refractivity contribution in [3.63, 3.8) is 0 Å². The fraction of sp³-hybridized carbons (Fsp3) is 0.120. The Bertz CT molecular complexity index is 1450. The molecular formula is C25H21F3N6O3S. The van der Waals surface area contributed by atoms with Gasteiger partial charge in [-0.05, 0) is 79.2 Å². The highest BCUT2D eigenvalue weighted by Crippen LogP contribution is 2.25. The first-order valence-electron chi connectivity index (χ1n) is 11.0. The van der Waals surface area contributed by atoms with E-state index in [9.17, 15) is 18.0 Å². The van der Waals surface area contributed by atoms with Crippen LogP contribution in [0.2, 0.25) is 0 Å². The molecule has 3 aromatic carbocycles. The molecule has 0 saturated heterocycles. The molecule has 0 aliphatic rings. The van der Waals surface area contributed by atoms with Crippen LogP contribution in [0.1, 0.15) is 5.56 Å². The third-order valence-electron chi connectivity index (χ3n) is 5.11. The Kier molecular flexibility index (Phi) is 7.86. The number of aromatic nitrogens is 3. The van der Waals surface area contributed by atoms with Gasteiger partial charge in [0.2, 0.25) is 0 Å². The van der Waals surface area contributed by atoms with Crippen LogP contribution in [0.15, 0.2) is 78.0 Å². The number of carbonyl (C=O) groups is 1. The molecular weight excluding hydrogens is 521 g/mol. The summed E-state index contributed by atoms with van der Waals surface area (Å²) < 4.78 is 47.5. The van der Waals surface area contributed by atoms with Gasteiger partial charge in [-0.2, -0.15) is 4.99 Å². The number of amides is 2. The number of methoxy groups -OCH3 is 1. The summed E-state index contributed by atoms with van der Waals surface area (Å²) in [6.07, 6.45) is -3.33. The Hall–Kier alpha value is -4.52. The second-order valence-corrected chi connectivity index (χ2v) is 8.23. The number of rotatable bonds is 6. The third kappa shape index (κ3) is 7.03. The summed E-state index contributed by atoms with van der Waals surface area (Å²) in [5.74, 6) is 0.760. The average molecular weight is 543 g/mol. The van der Waals surface area contributed by atoms with Crippen molar-refractivity contribution in [2.24, 2.45) is 4.99 Å². The first-order valence-corrected chi connectivity index (χ1v) is 11.4. The minimum Gasteiger partial charge on any atom is -0.497 e. The molecule has 4 rings (SSSR count). The molecule has 1 heterocycles. The van der Waals surface area contributed by atoms with Gasteiger partial charge in [-0.1, -0.05) is 0 Å². The number of alkyl halides is 3. The number of benzene rings is 3. The van der Waals surface area contributed by atoms with Crippen LogP contribution in [0.3, 0.4) is 0 Å². The molecule has 196 valence electrons. The highest BCUT2D eigenvalue weighted by Gasteiger charge is 2.31. The van der Waals surface area contributed by atoms with Crippen molar-refractivity contribution in [2.75, 3.05) is 17.7 Å². The van der Waals surface area contributed by atoms with Crippen LogP contribution in [-0.4, -0.2) is 39.4 Å². The number of nitrogens with one attached hydrogen (secondary N) is 2. The molecule has 0 aliphatic carbocycles. The second kappa shape index (κ2) is 11.3. The van der Waals surface area contributed by atoms with E-state index < -0.39 is 12.4 Å². The van der Waals surface area contributed by atoms with E-state index in [0.717, 1.165) is 11.3 Å². The zero-order chi connectivity index (χ0) is 27.3. The molecule has 38 heavy (non-hydrogen) atoms. The van der Waals surface area contributed by atoms with E-state index in [1.165, 1.54) is 35.3 Å². The number of anilines is 2. The summed E-state index contributed by atoms with van der Waals surface area (Å²) in [5, 5.41) is 10.1. The molecule has 0 saturated carbocycles. The van der Waals surface area contributed by atoms with Crippen molar-refractivity contribution >= 4 is 35.2 Å². The molecule has 9 nitrogen and oxygen atoms in total. The van der Waals surface area contributed by atoms with E-state index in [2.05, 4.69) is 43.1 Å². The zero-order valence-corrected chi connectivity index (χ0v) is 20.9. The first-order chi connectivity index (χ1) is 18.1. The van der Waals surface area contributed by atoms with Crippen molar-refractivity contribution in [1.82, 2.24) is 14.8 Å². The van der Waals surface area contributed by atoms with Crippen molar-refractivity contribution < 1.29 is 27.4 Å². The molecule has 0 fully saturated rings. The van der Waals surface area contributed by atoms with E-state index in [0.29, 0.717) is 28.5 Å². The molecule has 0 atom stereocenters. The lowest BCUT2D eigenvalue weighted by atomic mass is 10.2. The Labute approximate surface area is 220 Å². The van der Waals surface area contributed by atoms with Crippen LogP contribution in [-0.2, 0) is 0 Å². The Balaban J connectivity index is 1.37. The highest BCUT2D eigenvalue weighted by atomic mass is 32.1. The lowest BCUT2D eigenvalue weighted by molar-refractivity contribution is -0.274. The number of ether oxygens (including phenoxy) is 2. The van der Waals surface area contributed by atoms with E-state index >= 15 is 0 Å². The Morgan fingerprint density at radius 1 is 1.00 bits per heavy atom. The van der Waals surface area contributed by atoms with Crippen LogP contribution >= 0.6 is 12.6 Å². The fourth-order valence-electron chi connectivity index (χ4n) is 3.32. The van der Waals surface area contributed by atoms with Gasteiger partial charge in [0.1, 0.15) is 17.8 Å². The number of urea groups is 1. The molecule has 2 N–H and O–H groups in total. The van der Waals surface area contributed by atoms with Crippen LogP contribution in [0.4, 0.5) is 29.3 Å². The normalized spacial score (nSPS) is 11.7. The van der Waals surface area contributed by atoms with Crippen molar-refractivity contribution in [3.8, 4) is 28.6 Å². The van der Waals surface area contributed by atoms with E-state index in [-0.39, 0.29) is 10.9 Å². The number of hydrogen-bond donors (Lipinski definition) is 3. The molecule has 2 amide bonds. The second-order valence-electron chi connectivity index (χ2n) is 7.80. The molecule has 0 unspecified atom stereocenters. The molecule has 4 aromatic rings. The number of hydrogen-bond acceptors (Lipinski definition) is 5. The molecule has 0 radical (unpaired) electrons. The van der Waals surface area contributed by atoms with Gasteiger partial charge >= 0.3 is 12.4 Å². The quantitative estimate of drug-likeness (QED) is 0.155. The summed E-state index contributed by atoms with van der Waals surface area (Å²) in [5.41, 5.74) is 3.28. The van der Waals surface area contributed by atoms with Crippen molar-refractivity contribution in [2.45, 2.75) is 13.3 Å². The third-order valence-corrected chi connectivity index (χ3v) is 5.32. The zero-order valence-electron chi connectivity index (χ0n) is 20.0. The Morgan fingerprint density at radius 3 is 2.32 bits per heavy atom. The minimum atomic E-state index is -4.76. The number of thiol groups is 1. The number of aliphatic imine (C=N–C) groups is 1. The number of nitrogens with zero attached hydrogens (tertiary/aromatic N) is 4. The van der Waals surface area contributed by atoms with Gasteiger partial charge in [0.25, 0.3) is 0 Å². The predicted octanol–water partition coefficient (Wildman–Crippen LogP) is 6.08. The number of amidine groups is 1. The smallest absolute Gasteiger partial charge is 0.497 e. The summed E-state index contributed by atoms with van der Waals surface area (Å²) in [4.78, 5) is 20.4. The summed E-state index contributed by atoms with van der Waals surface area (Å²) in [7, 11) is 1.58. The van der Waals surface area contributed by atoms with Gasteiger partial charge < -0.3 is 20.1 Å². The SMILES string of the molecule is COc1ccc(N/C(S)=N/C(=O)Nc2ccc(-c3ncn(-c4ccc(OC(F)(F)F)cc4)n3)cc2)c(C)c1. The van der Waals surface area contributed by atoms with Gasteiger partial charge in [0.15, 0.2) is 11.0 Å². The van der Waals surface area contributed by atoms with Crippen molar-refractivity contribution in [1.29, 1.82) is 0 Å². The van der Waals surface area contributed by atoms with Crippen LogP contribution in [0, 0.1) is 6.92 Å². The van der Waals surface area contributed by atoms with E-state index in [1.54, 1.807) is 43.5 Å². The molecule has 13 heteroatoms. The van der Waals surface area contributed by atoms with Gasteiger partial charge in [0.05, 0.1) is 12.8 Å². The lowest BCUT2D eigenvalue weighted by Gasteiger charge is -2.10. The van der Waals surface area contributed by atoms with E-state index in [1.807, 2.05) is 13.0 Å². The van der Waals surface area contributed by atoms with Crippen LogP contribution in [0.25, 0.3) is 17.1 Å². The first kappa shape index (κ1) is 26.5. The number of carbonyl (C=O) groups excluding carboxylic acids is 1. The largest absolute Gasteiger partial charge is 0.573 e. The molecule has 1 aromatic heterocycles. The van der Waals surface area contributed by atoms with Gasteiger partial charge in [0, 0.05) is 16.9 Å². The summed E-state index contributed by atoms with van der Waals surface area (Å²) >= 11 is 4.23.